The normalized spacial score (nSPS) is 15.1. The maximum Gasteiger partial charge on any atom is 0.179 e. The summed E-state index contributed by atoms with van der Waals surface area (Å²) in [6.45, 7) is 1.59. The van der Waals surface area contributed by atoms with Gasteiger partial charge < -0.3 is 4.74 Å². The van der Waals surface area contributed by atoms with E-state index in [1.165, 1.54) is 6.07 Å². The SMILES string of the molecule is COCCN(CC(=O)c1ccccc1F)C1CC1. The zero-order valence-electron chi connectivity index (χ0n) is 10.6. The molecule has 0 radical (unpaired) electrons. The summed E-state index contributed by atoms with van der Waals surface area (Å²) < 4.78 is 18.5. The van der Waals surface area contributed by atoms with E-state index in [0.29, 0.717) is 12.6 Å². The smallest absolute Gasteiger partial charge is 0.179 e. The molecular formula is C14H18FNO2. The van der Waals surface area contributed by atoms with Gasteiger partial charge in [-0.3, -0.25) is 9.69 Å². The Kier molecular flexibility index (Phi) is 4.44. The summed E-state index contributed by atoms with van der Waals surface area (Å²) in [5.74, 6) is -0.596. The molecule has 0 heterocycles. The van der Waals surface area contributed by atoms with Gasteiger partial charge in [0.2, 0.25) is 0 Å². The highest BCUT2D eigenvalue weighted by Gasteiger charge is 2.30. The van der Waals surface area contributed by atoms with E-state index in [1.807, 2.05) is 0 Å². The molecule has 0 N–H and O–H groups in total. The lowest BCUT2D eigenvalue weighted by Gasteiger charge is -2.20. The number of benzene rings is 1. The van der Waals surface area contributed by atoms with Crippen molar-refractivity contribution in [3.63, 3.8) is 0 Å². The molecule has 0 amide bonds. The second-order valence-corrected chi connectivity index (χ2v) is 4.60. The molecule has 1 aliphatic carbocycles. The van der Waals surface area contributed by atoms with Gasteiger partial charge in [-0.05, 0) is 25.0 Å². The molecule has 0 unspecified atom stereocenters. The molecule has 0 aromatic heterocycles. The van der Waals surface area contributed by atoms with Crippen molar-refractivity contribution in [2.75, 3.05) is 26.8 Å². The van der Waals surface area contributed by atoms with Crippen molar-refractivity contribution in [3.05, 3.63) is 35.6 Å². The van der Waals surface area contributed by atoms with Crippen molar-refractivity contribution < 1.29 is 13.9 Å². The predicted molar refractivity (Wildman–Crippen MR) is 67.2 cm³/mol. The van der Waals surface area contributed by atoms with E-state index in [2.05, 4.69) is 4.90 Å². The predicted octanol–water partition coefficient (Wildman–Crippen LogP) is 2.12. The molecule has 1 aromatic rings. The van der Waals surface area contributed by atoms with Crippen LogP contribution in [-0.4, -0.2) is 43.5 Å². The number of ether oxygens (including phenoxy) is 1. The number of Topliss-reactive ketones (excluding diaryl/α,β-unsaturated/α-hetero) is 1. The van der Waals surface area contributed by atoms with E-state index in [4.69, 9.17) is 4.74 Å². The van der Waals surface area contributed by atoms with Gasteiger partial charge in [-0.25, -0.2) is 4.39 Å². The third kappa shape index (κ3) is 3.37. The van der Waals surface area contributed by atoms with Gasteiger partial charge in [0, 0.05) is 19.7 Å². The van der Waals surface area contributed by atoms with Crippen LogP contribution in [0.25, 0.3) is 0 Å². The lowest BCUT2D eigenvalue weighted by atomic mass is 10.1. The first kappa shape index (κ1) is 13.2. The number of carbonyl (C=O) groups is 1. The van der Waals surface area contributed by atoms with Gasteiger partial charge in [-0.15, -0.1) is 0 Å². The van der Waals surface area contributed by atoms with Crippen LogP contribution < -0.4 is 0 Å². The number of halogens is 1. The van der Waals surface area contributed by atoms with Gasteiger partial charge in [0.1, 0.15) is 5.82 Å². The van der Waals surface area contributed by atoms with Crippen molar-refractivity contribution in [2.24, 2.45) is 0 Å². The standard InChI is InChI=1S/C14H18FNO2/c1-18-9-8-16(11-6-7-11)10-14(17)12-4-2-3-5-13(12)15/h2-5,11H,6-10H2,1H3. The maximum absolute atomic E-state index is 13.5. The molecule has 0 aliphatic heterocycles. The van der Waals surface area contributed by atoms with Crippen LogP contribution in [0.2, 0.25) is 0 Å². The molecule has 98 valence electrons. The number of carbonyl (C=O) groups excluding carboxylic acids is 1. The highest BCUT2D eigenvalue weighted by molar-refractivity contribution is 5.97. The first-order valence-corrected chi connectivity index (χ1v) is 6.23. The molecule has 0 bridgehead atoms. The Hall–Kier alpha value is -1.26. The van der Waals surface area contributed by atoms with E-state index in [9.17, 15) is 9.18 Å². The number of hydrogen-bond acceptors (Lipinski definition) is 3. The van der Waals surface area contributed by atoms with Gasteiger partial charge in [-0.1, -0.05) is 12.1 Å². The summed E-state index contributed by atoms with van der Waals surface area (Å²) in [5, 5.41) is 0. The quantitative estimate of drug-likeness (QED) is 0.695. The lowest BCUT2D eigenvalue weighted by molar-refractivity contribution is 0.0882. The van der Waals surface area contributed by atoms with E-state index < -0.39 is 5.82 Å². The fourth-order valence-electron chi connectivity index (χ4n) is 2.00. The first-order valence-electron chi connectivity index (χ1n) is 6.23. The molecule has 0 saturated heterocycles. The maximum atomic E-state index is 13.5. The molecule has 0 atom stereocenters. The van der Waals surface area contributed by atoms with Crippen LogP contribution in [0.15, 0.2) is 24.3 Å². The van der Waals surface area contributed by atoms with E-state index >= 15 is 0 Å². The summed E-state index contributed by atoms with van der Waals surface area (Å²) in [6.07, 6.45) is 2.24. The van der Waals surface area contributed by atoms with Crippen LogP contribution >= 0.6 is 0 Å². The summed E-state index contributed by atoms with van der Waals surface area (Å²) in [4.78, 5) is 14.1. The van der Waals surface area contributed by atoms with Gasteiger partial charge in [-0.2, -0.15) is 0 Å². The van der Waals surface area contributed by atoms with Crippen LogP contribution in [0.5, 0.6) is 0 Å². The summed E-state index contributed by atoms with van der Waals surface area (Å²) in [7, 11) is 1.64. The second kappa shape index (κ2) is 6.07. The molecule has 3 nitrogen and oxygen atoms in total. The molecule has 18 heavy (non-hydrogen) atoms. The topological polar surface area (TPSA) is 29.5 Å². The Labute approximate surface area is 107 Å². The number of hydrogen-bond donors (Lipinski definition) is 0. The summed E-state index contributed by atoms with van der Waals surface area (Å²) in [5.41, 5.74) is 0.181. The molecular weight excluding hydrogens is 233 g/mol. The van der Waals surface area contributed by atoms with E-state index in [1.54, 1.807) is 25.3 Å². The molecule has 2 rings (SSSR count). The number of nitrogens with zero attached hydrogens (tertiary/aromatic N) is 1. The summed E-state index contributed by atoms with van der Waals surface area (Å²) in [6, 6.07) is 6.61. The zero-order chi connectivity index (χ0) is 13.0. The minimum atomic E-state index is -0.440. The van der Waals surface area contributed by atoms with Crippen LogP contribution in [0.4, 0.5) is 4.39 Å². The highest BCUT2D eigenvalue weighted by atomic mass is 19.1. The van der Waals surface area contributed by atoms with Crippen molar-refractivity contribution in [1.29, 1.82) is 0 Å². The van der Waals surface area contributed by atoms with Crippen LogP contribution in [0, 0.1) is 5.82 Å². The Morgan fingerprint density at radius 3 is 2.78 bits per heavy atom. The third-order valence-corrected chi connectivity index (χ3v) is 3.17. The van der Waals surface area contributed by atoms with Gasteiger partial charge in [0.05, 0.1) is 18.7 Å². The fraction of sp³-hybridized carbons (Fsp3) is 0.500. The van der Waals surface area contributed by atoms with Gasteiger partial charge >= 0.3 is 0 Å². The summed E-state index contributed by atoms with van der Waals surface area (Å²) >= 11 is 0. The first-order chi connectivity index (χ1) is 8.72. The monoisotopic (exact) mass is 251 g/mol. The molecule has 1 saturated carbocycles. The van der Waals surface area contributed by atoms with Crippen molar-refractivity contribution in [3.8, 4) is 0 Å². The average Bonchev–Trinajstić information content (AvgIpc) is 3.19. The molecule has 1 aliphatic rings. The second-order valence-electron chi connectivity index (χ2n) is 4.60. The lowest BCUT2D eigenvalue weighted by Crippen LogP contribution is -2.34. The van der Waals surface area contributed by atoms with Crippen LogP contribution in [0.3, 0.4) is 0 Å². The Balaban J connectivity index is 1.98. The molecule has 4 heteroatoms. The molecule has 1 fully saturated rings. The van der Waals surface area contributed by atoms with E-state index in [0.717, 1.165) is 19.4 Å². The Morgan fingerprint density at radius 1 is 1.44 bits per heavy atom. The molecule has 0 spiro atoms. The fourth-order valence-corrected chi connectivity index (χ4v) is 2.00. The van der Waals surface area contributed by atoms with Gasteiger partial charge in [0.25, 0.3) is 0 Å². The highest BCUT2D eigenvalue weighted by Crippen LogP contribution is 2.26. The Morgan fingerprint density at radius 2 is 2.17 bits per heavy atom. The number of rotatable bonds is 7. The third-order valence-electron chi connectivity index (χ3n) is 3.17. The van der Waals surface area contributed by atoms with Crippen molar-refractivity contribution in [1.82, 2.24) is 4.90 Å². The zero-order valence-corrected chi connectivity index (χ0v) is 10.6. The van der Waals surface area contributed by atoms with Crippen molar-refractivity contribution in [2.45, 2.75) is 18.9 Å². The van der Waals surface area contributed by atoms with Crippen molar-refractivity contribution >= 4 is 5.78 Å². The Bertz CT molecular complexity index is 418. The van der Waals surface area contributed by atoms with Crippen LogP contribution in [0.1, 0.15) is 23.2 Å². The van der Waals surface area contributed by atoms with Crippen LogP contribution in [-0.2, 0) is 4.74 Å². The largest absolute Gasteiger partial charge is 0.383 e. The number of ketones is 1. The minimum Gasteiger partial charge on any atom is -0.383 e. The molecule has 1 aromatic carbocycles. The van der Waals surface area contributed by atoms with Gasteiger partial charge in [0.15, 0.2) is 5.78 Å². The minimum absolute atomic E-state index is 0.156. The van der Waals surface area contributed by atoms with E-state index in [-0.39, 0.29) is 17.9 Å². The average molecular weight is 251 g/mol. The number of methoxy groups -OCH3 is 1.